The molecular formula is C12H16N2O4S. The van der Waals surface area contributed by atoms with Gasteiger partial charge in [0, 0.05) is 18.2 Å². The van der Waals surface area contributed by atoms with E-state index < -0.39 is 20.0 Å². The van der Waals surface area contributed by atoms with Gasteiger partial charge in [-0.15, -0.1) is 0 Å². The van der Waals surface area contributed by atoms with Crippen molar-refractivity contribution in [3.63, 3.8) is 0 Å². The summed E-state index contributed by atoms with van der Waals surface area (Å²) < 4.78 is 25.0. The molecule has 2 atom stereocenters. The van der Waals surface area contributed by atoms with Gasteiger partial charge in [-0.3, -0.25) is 10.1 Å². The molecule has 1 aliphatic carbocycles. The normalized spacial score (nSPS) is 23.4. The Morgan fingerprint density at radius 2 is 1.89 bits per heavy atom. The summed E-state index contributed by atoms with van der Waals surface area (Å²) in [6.45, 7) is 0. The fourth-order valence-electron chi connectivity index (χ4n) is 2.56. The Kier molecular flexibility index (Phi) is 3.86. The second-order valence-electron chi connectivity index (χ2n) is 4.66. The van der Waals surface area contributed by atoms with Crippen molar-refractivity contribution < 1.29 is 13.3 Å². The van der Waals surface area contributed by atoms with E-state index >= 15 is 0 Å². The summed E-state index contributed by atoms with van der Waals surface area (Å²) in [4.78, 5) is 10.2. The van der Waals surface area contributed by atoms with Gasteiger partial charge in [0.05, 0.1) is 15.1 Å². The Hall–Kier alpha value is -1.47. The third-order valence-electron chi connectivity index (χ3n) is 3.60. The first kappa shape index (κ1) is 14.0. The Labute approximate surface area is 111 Å². The first-order valence-electron chi connectivity index (χ1n) is 6.12. The van der Waals surface area contributed by atoms with Crippen molar-refractivity contribution in [2.75, 3.05) is 7.05 Å². The number of hydrogen-bond donors (Lipinski definition) is 1. The molecule has 1 fully saturated rings. The topological polar surface area (TPSA) is 89.3 Å². The van der Waals surface area contributed by atoms with E-state index in [0.29, 0.717) is 6.42 Å². The average molecular weight is 284 g/mol. The van der Waals surface area contributed by atoms with Gasteiger partial charge in [0.15, 0.2) is 9.84 Å². The molecule has 0 bridgehead atoms. The van der Waals surface area contributed by atoms with Crippen molar-refractivity contribution in [2.45, 2.75) is 35.4 Å². The van der Waals surface area contributed by atoms with Gasteiger partial charge < -0.3 is 5.32 Å². The van der Waals surface area contributed by atoms with Crippen LogP contribution in [0.4, 0.5) is 5.69 Å². The van der Waals surface area contributed by atoms with E-state index in [2.05, 4.69) is 5.32 Å². The number of nitro benzene ring substituents is 1. The lowest BCUT2D eigenvalue weighted by Crippen LogP contribution is -2.38. The lowest BCUT2D eigenvalue weighted by Gasteiger charge is -2.19. The quantitative estimate of drug-likeness (QED) is 0.668. The smallest absolute Gasteiger partial charge is 0.269 e. The van der Waals surface area contributed by atoms with Crippen molar-refractivity contribution in [1.29, 1.82) is 0 Å². The summed E-state index contributed by atoms with van der Waals surface area (Å²) in [5.74, 6) is 0. The molecular weight excluding hydrogens is 268 g/mol. The molecule has 1 saturated carbocycles. The van der Waals surface area contributed by atoms with Crippen LogP contribution < -0.4 is 5.32 Å². The highest BCUT2D eigenvalue weighted by Crippen LogP contribution is 2.30. The van der Waals surface area contributed by atoms with E-state index in [-0.39, 0.29) is 16.6 Å². The van der Waals surface area contributed by atoms with Crippen LogP contribution in [0, 0.1) is 10.1 Å². The summed E-state index contributed by atoms with van der Waals surface area (Å²) >= 11 is 0. The van der Waals surface area contributed by atoms with Gasteiger partial charge in [-0.05, 0) is 32.0 Å². The van der Waals surface area contributed by atoms with Gasteiger partial charge in [-0.25, -0.2) is 8.42 Å². The molecule has 1 aromatic carbocycles. The van der Waals surface area contributed by atoms with Crippen molar-refractivity contribution in [3.8, 4) is 0 Å². The molecule has 2 rings (SSSR count). The zero-order valence-electron chi connectivity index (χ0n) is 10.6. The molecule has 2 unspecified atom stereocenters. The Morgan fingerprint density at radius 1 is 1.26 bits per heavy atom. The number of non-ortho nitro benzene ring substituents is 1. The number of nitrogens with zero attached hydrogens (tertiary/aromatic N) is 1. The molecule has 0 aromatic heterocycles. The number of rotatable bonds is 4. The predicted octanol–water partition coefficient (Wildman–Crippen LogP) is 1.51. The Morgan fingerprint density at radius 3 is 2.42 bits per heavy atom. The van der Waals surface area contributed by atoms with Gasteiger partial charge in [0.25, 0.3) is 5.69 Å². The fraction of sp³-hybridized carbons (Fsp3) is 0.500. The second kappa shape index (κ2) is 5.26. The highest BCUT2D eigenvalue weighted by atomic mass is 32.2. The van der Waals surface area contributed by atoms with Crippen molar-refractivity contribution in [1.82, 2.24) is 5.32 Å². The van der Waals surface area contributed by atoms with Crippen LogP contribution in [-0.2, 0) is 9.84 Å². The molecule has 7 heteroatoms. The summed E-state index contributed by atoms with van der Waals surface area (Å²) in [6, 6.07) is 5.06. The summed E-state index contributed by atoms with van der Waals surface area (Å²) in [6.07, 6.45) is 2.35. The molecule has 0 amide bonds. The van der Waals surface area contributed by atoms with Crippen LogP contribution in [0.25, 0.3) is 0 Å². The molecule has 0 heterocycles. The van der Waals surface area contributed by atoms with Crippen LogP contribution in [0.2, 0.25) is 0 Å². The minimum absolute atomic E-state index is 0.0415. The summed E-state index contributed by atoms with van der Waals surface area (Å²) in [5, 5.41) is 13.1. The monoisotopic (exact) mass is 284 g/mol. The first-order valence-corrected chi connectivity index (χ1v) is 7.67. The van der Waals surface area contributed by atoms with Gasteiger partial charge in [-0.1, -0.05) is 6.42 Å². The van der Waals surface area contributed by atoms with E-state index in [1.165, 1.54) is 24.3 Å². The molecule has 0 radical (unpaired) electrons. The largest absolute Gasteiger partial charge is 0.316 e. The molecule has 1 aromatic rings. The first-order chi connectivity index (χ1) is 8.96. The highest BCUT2D eigenvalue weighted by molar-refractivity contribution is 7.92. The van der Waals surface area contributed by atoms with Crippen molar-refractivity contribution >= 4 is 15.5 Å². The van der Waals surface area contributed by atoms with Crippen LogP contribution in [0.1, 0.15) is 19.3 Å². The zero-order chi connectivity index (χ0) is 14.0. The number of nitro groups is 1. The number of sulfone groups is 1. The molecule has 6 nitrogen and oxygen atoms in total. The van der Waals surface area contributed by atoms with Crippen LogP contribution in [0.3, 0.4) is 0 Å². The predicted molar refractivity (Wildman–Crippen MR) is 70.8 cm³/mol. The van der Waals surface area contributed by atoms with E-state index in [1.54, 1.807) is 7.05 Å². The van der Waals surface area contributed by atoms with Crippen LogP contribution in [-0.4, -0.2) is 31.7 Å². The maximum absolute atomic E-state index is 12.5. The minimum Gasteiger partial charge on any atom is -0.316 e. The molecule has 1 aliphatic rings. The summed E-state index contributed by atoms with van der Waals surface area (Å²) in [7, 11) is -1.67. The van der Waals surface area contributed by atoms with Gasteiger partial charge >= 0.3 is 0 Å². The molecule has 19 heavy (non-hydrogen) atoms. The fourth-order valence-corrected chi connectivity index (χ4v) is 4.61. The van der Waals surface area contributed by atoms with Crippen LogP contribution in [0.5, 0.6) is 0 Å². The second-order valence-corrected chi connectivity index (χ2v) is 6.83. The Bertz CT molecular complexity index is 568. The summed E-state index contributed by atoms with van der Waals surface area (Å²) in [5.41, 5.74) is -0.101. The maximum Gasteiger partial charge on any atom is 0.269 e. The SMILES string of the molecule is CNC1CCCC1S(=O)(=O)c1ccc([N+](=O)[O-])cc1. The van der Waals surface area contributed by atoms with Crippen molar-refractivity contribution in [3.05, 3.63) is 34.4 Å². The van der Waals surface area contributed by atoms with E-state index in [4.69, 9.17) is 0 Å². The molecule has 0 saturated heterocycles. The van der Waals surface area contributed by atoms with Gasteiger partial charge in [0.2, 0.25) is 0 Å². The number of hydrogen-bond acceptors (Lipinski definition) is 5. The zero-order valence-corrected chi connectivity index (χ0v) is 11.4. The molecule has 104 valence electrons. The maximum atomic E-state index is 12.5. The molecule has 1 N–H and O–H groups in total. The van der Waals surface area contributed by atoms with Crippen LogP contribution >= 0.6 is 0 Å². The number of benzene rings is 1. The molecule has 0 spiro atoms. The van der Waals surface area contributed by atoms with E-state index in [1.807, 2.05) is 0 Å². The Balaban J connectivity index is 2.31. The van der Waals surface area contributed by atoms with Gasteiger partial charge in [-0.2, -0.15) is 0 Å². The van der Waals surface area contributed by atoms with Crippen LogP contribution in [0.15, 0.2) is 29.2 Å². The third-order valence-corrected chi connectivity index (χ3v) is 5.89. The van der Waals surface area contributed by atoms with E-state index in [0.717, 1.165) is 12.8 Å². The van der Waals surface area contributed by atoms with Crippen molar-refractivity contribution in [2.24, 2.45) is 0 Å². The average Bonchev–Trinajstić information content (AvgIpc) is 2.87. The van der Waals surface area contributed by atoms with E-state index in [9.17, 15) is 18.5 Å². The molecule has 0 aliphatic heterocycles. The third kappa shape index (κ3) is 2.62. The lowest BCUT2D eigenvalue weighted by atomic mass is 10.2. The van der Waals surface area contributed by atoms with Gasteiger partial charge in [0.1, 0.15) is 0 Å². The minimum atomic E-state index is -3.43. The number of nitrogens with one attached hydrogen (secondary N) is 1. The standard InChI is InChI=1S/C12H16N2O4S/c1-13-11-3-2-4-12(11)19(17,18)10-7-5-9(6-8-10)14(15)16/h5-8,11-13H,2-4H2,1H3. The highest BCUT2D eigenvalue weighted by Gasteiger charge is 2.37. The lowest BCUT2D eigenvalue weighted by molar-refractivity contribution is -0.384.